The Morgan fingerprint density at radius 3 is 2.56 bits per heavy atom. The number of amides is 1. The number of anilines is 1. The number of nitrogens with two attached hydrogens (primary N) is 1. The average molecular weight is 287 g/mol. The molecule has 1 rings (SSSR count). The molecule has 1 amide bonds. The van der Waals surface area contributed by atoms with Crippen LogP contribution in [0.15, 0.2) is 22.7 Å². The minimum atomic E-state index is -0.949. The minimum Gasteiger partial charge on any atom is -0.480 e. The molecule has 0 bridgehead atoms. The predicted molar refractivity (Wildman–Crippen MR) is 63.4 cm³/mol. The zero-order valence-electron chi connectivity index (χ0n) is 8.53. The van der Waals surface area contributed by atoms with E-state index in [0.717, 1.165) is 0 Å². The molecule has 6 heteroatoms. The van der Waals surface area contributed by atoms with Crippen molar-refractivity contribution in [2.45, 2.75) is 13.0 Å². The Morgan fingerprint density at radius 1 is 1.50 bits per heavy atom. The number of carboxylic acids is 1. The number of nitrogens with one attached hydrogen (secondary N) is 1. The maximum absolute atomic E-state index is 10.9. The number of benzene rings is 1. The van der Waals surface area contributed by atoms with Crippen LogP contribution in [0.1, 0.15) is 17.3 Å². The topological polar surface area (TPSA) is 92.4 Å². The van der Waals surface area contributed by atoms with Gasteiger partial charge in [0.15, 0.2) is 0 Å². The number of carbonyl (C=O) groups is 2. The molecule has 1 aromatic rings. The Balaban J connectivity index is 2.89. The van der Waals surface area contributed by atoms with E-state index in [2.05, 4.69) is 21.2 Å². The van der Waals surface area contributed by atoms with Crippen molar-refractivity contribution >= 4 is 33.5 Å². The third-order valence-electron chi connectivity index (χ3n) is 1.99. The second-order valence-corrected chi connectivity index (χ2v) is 4.12. The molecular formula is C10H11BrN2O3. The van der Waals surface area contributed by atoms with E-state index in [1.54, 1.807) is 12.1 Å². The van der Waals surface area contributed by atoms with Crippen LogP contribution in [-0.2, 0) is 4.79 Å². The maximum Gasteiger partial charge on any atom is 0.325 e. The Kier molecular flexibility index (Phi) is 3.89. The van der Waals surface area contributed by atoms with E-state index >= 15 is 0 Å². The number of carbonyl (C=O) groups excluding carboxylic acids is 1. The lowest BCUT2D eigenvalue weighted by Crippen LogP contribution is -2.25. The smallest absolute Gasteiger partial charge is 0.325 e. The molecule has 4 N–H and O–H groups in total. The van der Waals surface area contributed by atoms with Crippen molar-refractivity contribution < 1.29 is 14.7 Å². The highest BCUT2D eigenvalue weighted by Crippen LogP contribution is 2.21. The van der Waals surface area contributed by atoms with Crippen LogP contribution in [0.2, 0.25) is 0 Å². The third kappa shape index (κ3) is 2.96. The number of primary amides is 1. The van der Waals surface area contributed by atoms with Crippen molar-refractivity contribution in [3.63, 3.8) is 0 Å². The molecule has 0 radical (unpaired) electrons. The van der Waals surface area contributed by atoms with Gasteiger partial charge in [-0.2, -0.15) is 0 Å². The molecule has 0 fully saturated rings. The summed E-state index contributed by atoms with van der Waals surface area (Å²) in [5.74, 6) is -1.49. The van der Waals surface area contributed by atoms with Crippen LogP contribution in [0.5, 0.6) is 0 Å². The summed E-state index contributed by atoms with van der Waals surface area (Å²) in [5.41, 5.74) is 6.09. The summed E-state index contributed by atoms with van der Waals surface area (Å²) < 4.78 is 0.530. The van der Waals surface area contributed by atoms with Gasteiger partial charge in [0.05, 0.1) is 5.56 Å². The van der Waals surface area contributed by atoms with Gasteiger partial charge in [-0.1, -0.05) is 0 Å². The number of hydrogen-bond donors (Lipinski definition) is 3. The molecule has 0 spiro atoms. The molecule has 1 aromatic carbocycles. The normalized spacial score (nSPS) is 11.9. The molecule has 86 valence electrons. The molecule has 5 nitrogen and oxygen atoms in total. The monoisotopic (exact) mass is 286 g/mol. The summed E-state index contributed by atoms with van der Waals surface area (Å²) in [5, 5.41) is 11.5. The van der Waals surface area contributed by atoms with Gasteiger partial charge >= 0.3 is 5.97 Å². The summed E-state index contributed by atoms with van der Waals surface area (Å²) in [6.07, 6.45) is 0. The fraction of sp³-hybridized carbons (Fsp3) is 0.200. The van der Waals surface area contributed by atoms with Gasteiger partial charge in [0.25, 0.3) is 0 Å². The number of halogens is 1. The molecule has 0 aromatic heterocycles. The maximum atomic E-state index is 10.9. The van der Waals surface area contributed by atoms with Crippen molar-refractivity contribution in [3.8, 4) is 0 Å². The molecule has 0 aliphatic carbocycles. The van der Waals surface area contributed by atoms with Crippen molar-refractivity contribution in [2.75, 3.05) is 5.32 Å². The van der Waals surface area contributed by atoms with Gasteiger partial charge in [-0.3, -0.25) is 9.59 Å². The standard InChI is InChI=1S/C10H11BrN2O3/c1-5(10(15)16)13-6-2-3-7(9(12)14)8(11)4-6/h2-5,13H,1H3,(H2,12,14)(H,15,16). The first-order valence-electron chi connectivity index (χ1n) is 4.50. The minimum absolute atomic E-state index is 0.355. The van der Waals surface area contributed by atoms with Crippen LogP contribution in [0.25, 0.3) is 0 Å². The highest BCUT2D eigenvalue weighted by Gasteiger charge is 2.12. The van der Waals surface area contributed by atoms with Gasteiger partial charge < -0.3 is 16.2 Å². The van der Waals surface area contributed by atoms with Crippen molar-refractivity contribution in [1.82, 2.24) is 0 Å². The Hall–Kier alpha value is -1.56. The lowest BCUT2D eigenvalue weighted by atomic mass is 10.2. The Labute approximate surface area is 101 Å². The fourth-order valence-corrected chi connectivity index (χ4v) is 1.69. The molecular weight excluding hydrogens is 276 g/mol. The van der Waals surface area contributed by atoms with Crippen LogP contribution < -0.4 is 11.1 Å². The first-order valence-corrected chi connectivity index (χ1v) is 5.30. The van der Waals surface area contributed by atoms with E-state index in [9.17, 15) is 9.59 Å². The number of carboxylic acid groups (broad SMARTS) is 1. The van der Waals surface area contributed by atoms with E-state index < -0.39 is 17.9 Å². The van der Waals surface area contributed by atoms with Gasteiger partial charge in [0.1, 0.15) is 6.04 Å². The predicted octanol–water partition coefficient (Wildman–Crippen LogP) is 1.43. The number of rotatable bonds is 4. The molecule has 16 heavy (non-hydrogen) atoms. The highest BCUT2D eigenvalue weighted by molar-refractivity contribution is 9.10. The molecule has 0 heterocycles. The first kappa shape index (κ1) is 12.5. The molecule has 0 saturated heterocycles. The van der Waals surface area contributed by atoms with Crippen molar-refractivity contribution in [1.29, 1.82) is 0 Å². The van der Waals surface area contributed by atoms with Crippen LogP contribution in [0, 0.1) is 0 Å². The second kappa shape index (κ2) is 4.98. The zero-order chi connectivity index (χ0) is 12.3. The van der Waals surface area contributed by atoms with E-state index in [0.29, 0.717) is 15.7 Å². The van der Waals surface area contributed by atoms with Crippen LogP contribution >= 0.6 is 15.9 Å². The molecule has 1 atom stereocenters. The number of hydrogen-bond acceptors (Lipinski definition) is 3. The average Bonchev–Trinajstić information content (AvgIpc) is 2.16. The van der Waals surface area contributed by atoms with Gasteiger partial charge in [-0.15, -0.1) is 0 Å². The summed E-state index contributed by atoms with van der Waals surface area (Å²) in [7, 11) is 0. The van der Waals surface area contributed by atoms with Gasteiger partial charge in [0, 0.05) is 10.2 Å². The van der Waals surface area contributed by atoms with Crippen LogP contribution in [0.4, 0.5) is 5.69 Å². The fourth-order valence-electron chi connectivity index (χ4n) is 1.12. The quantitative estimate of drug-likeness (QED) is 0.781. The lowest BCUT2D eigenvalue weighted by Gasteiger charge is -2.11. The van der Waals surface area contributed by atoms with Crippen molar-refractivity contribution in [3.05, 3.63) is 28.2 Å². The Bertz CT molecular complexity index is 434. The number of aliphatic carboxylic acids is 1. The van der Waals surface area contributed by atoms with E-state index in [1.807, 2.05) is 0 Å². The highest BCUT2D eigenvalue weighted by atomic mass is 79.9. The van der Waals surface area contributed by atoms with Crippen molar-refractivity contribution in [2.24, 2.45) is 5.73 Å². The van der Waals surface area contributed by atoms with Gasteiger partial charge in [-0.25, -0.2) is 0 Å². The zero-order valence-corrected chi connectivity index (χ0v) is 10.1. The van der Waals surface area contributed by atoms with Crippen LogP contribution in [0.3, 0.4) is 0 Å². The SMILES string of the molecule is CC(Nc1ccc(C(N)=O)c(Br)c1)C(=O)O. The summed E-state index contributed by atoms with van der Waals surface area (Å²) in [6, 6.07) is 4.04. The largest absolute Gasteiger partial charge is 0.480 e. The summed E-state index contributed by atoms with van der Waals surface area (Å²) >= 11 is 3.19. The Morgan fingerprint density at radius 2 is 2.12 bits per heavy atom. The molecule has 0 aliphatic heterocycles. The van der Waals surface area contributed by atoms with E-state index in [1.165, 1.54) is 13.0 Å². The molecule has 1 unspecified atom stereocenters. The third-order valence-corrected chi connectivity index (χ3v) is 2.64. The van der Waals surface area contributed by atoms with E-state index in [-0.39, 0.29) is 0 Å². The summed E-state index contributed by atoms with van der Waals surface area (Å²) in [6.45, 7) is 1.53. The van der Waals surface area contributed by atoms with Crippen LogP contribution in [-0.4, -0.2) is 23.0 Å². The summed E-state index contributed by atoms with van der Waals surface area (Å²) in [4.78, 5) is 21.6. The van der Waals surface area contributed by atoms with Gasteiger partial charge in [0.2, 0.25) is 5.91 Å². The second-order valence-electron chi connectivity index (χ2n) is 3.26. The van der Waals surface area contributed by atoms with Gasteiger partial charge in [-0.05, 0) is 41.1 Å². The first-order chi connectivity index (χ1) is 7.41. The molecule has 0 saturated carbocycles. The molecule has 0 aliphatic rings. The van der Waals surface area contributed by atoms with E-state index in [4.69, 9.17) is 10.8 Å². The lowest BCUT2D eigenvalue weighted by molar-refractivity contribution is -0.137.